The van der Waals surface area contributed by atoms with Crippen LogP contribution < -0.4 is 5.11 Å². The summed E-state index contributed by atoms with van der Waals surface area (Å²) in [6.07, 6.45) is 8.79. The van der Waals surface area contributed by atoms with Crippen molar-refractivity contribution in [3.63, 3.8) is 0 Å². The molecule has 0 aromatic rings. The summed E-state index contributed by atoms with van der Waals surface area (Å²) in [5.41, 5.74) is 3.96. The molecule has 4 rings (SSSR count). The number of hydrogen-bond donors (Lipinski definition) is 3. The number of carboxylic acid groups (broad SMARTS) is 1. The highest BCUT2D eigenvalue weighted by Crippen LogP contribution is 2.59. The highest BCUT2D eigenvalue weighted by molar-refractivity contribution is 5.71. The molecule has 0 spiro atoms. The molecule has 3 aliphatic carbocycles. The van der Waals surface area contributed by atoms with E-state index in [2.05, 4.69) is 65.5 Å². The van der Waals surface area contributed by atoms with Gasteiger partial charge in [0.2, 0.25) is 0 Å². The summed E-state index contributed by atoms with van der Waals surface area (Å²) in [7, 11) is 0. The Kier molecular flexibility index (Phi) is 10.4. The molecular weight excluding hydrogens is 520 g/mol. The molecule has 1 aliphatic heterocycles. The molecule has 0 amide bonds. The van der Waals surface area contributed by atoms with Gasteiger partial charge in [-0.3, -0.25) is 0 Å². The lowest BCUT2D eigenvalue weighted by atomic mass is 9.61. The number of carboxylic acids is 1. The molecule has 3 N–H and O–H groups in total. The molecule has 11 atom stereocenters. The average molecular weight is 572 g/mol. The van der Waals surface area contributed by atoms with Crippen LogP contribution in [0, 0.1) is 35.0 Å². The van der Waals surface area contributed by atoms with Crippen LogP contribution in [-0.4, -0.2) is 58.1 Å². The first-order valence-electron chi connectivity index (χ1n) is 15.7. The zero-order valence-electron chi connectivity index (χ0n) is 25.5. The number of aliphatic hydroxyl groups is 3. The van der Waals surface area contributed by atoms with E-state index in [1.165, 1.54) is 31.3 Å². The molecule has 1 saturated heterocycles. The van der Waals surface area contributed by atoms with Crippen LogP contribution in [0.1, 0.15) is 86.0 Å². The molecule has 1 heterocycles. The van der Waals surface area contributed by atoms with Crippen LogP contribution in [0.25, 0.3) is 0 Å². The number of allylic oxidation sites excluding steroid dienone is 6. The summed E-state index contributed by atoms with van der Waals surface area (Å²) >= 11 is 0. The predicted octanol–water partition coefficient (Wildman–Crippen LogP) is 4.22. The van der Waals surface area contributed by atoms with E-state index in [0.717, 1.165) is 17.6 Å². The van der Waals surface area contributed by atoms with Crippen LogP contribution in [0.4, 0.5) is 0 Å². The standard InChI is InChI=1S/C34H52O7/c1-19(2)20(3)9-10-22(5)26-15-16-27-23(8-7-17-34(26,27)6)12-13-24-18-25(14-11-21(24)4)40-33-30(37)28(35)29(36)31(41-33)32(38)39/h9-10,12-13,19-20,22,25-31,33,35-37H,4,7-8,11,14-18H2,1-3,5-6H3,(H,38,39)/p-1. The van der Waals surface area contributed by atoms with Crippen molar-refractivity contribution in [1.29, 1.82) is 0 Å². The van der Waals surface area contributed by atoms with E-state index in [9.17, 15) is 25.2 Å². The van der Waals surface area contributed by atoms with Crippen molar-refractivity contribution in [2.75, 3.05) is 0 Å². The maximum atomic E-state index is 11.4. The minimum Gasteiger partial charge on any atom is -0.547 e. The Morgan fingerprint density at radius 1 is 1.05 bits per heavy atom. The van der Waals surface area contributed by atoms with Gasteiger partial charge < -0.3 is 34.7 Å². The molecule has 4 aliphatic rings. The SMILES string of the molecule is C=C1CCC(OC2OC(C(=O)[O-])C(O)C(O)C2O)CC1=CC=C1CCCC2(C)C1CCC2C(C)C=CC(C)C(C)C. The van der Waals surface area contributed by atoms with E-state index in [0.29, 0.717) is 54.3 Å². The van der Waals surface area contributed by atoms with Gasteiger partial charge in [0, 0.05) is 0 Å². The van der Waals surface area contributed by atoms with Crippen molar-refractivity contribution in [2.24, 2.45) is 35.0 Å². The van der Waals surface area contributed by atoms with Gasteiger partial charge in [0.15, 0.2) is 6.29 Å². The van der Waals surface area contributed by atoms with Crippen LogP contribution in [0.2, 0.25) is 0 Å². The molecule has 3 saturated carbocycles. The Labute approximate surface area is 246 Å². The molecule has 4 fully saturated rings. The Balaban J connectivity index is 1.44. The van der Waals surface area contributed by atoms with Crippen LogP contribution in [0.15, 0.2) is 47.6 Å². The van der Waals surface area contributed by atoms with Gasteiger partial charge in [0.25, 0.3) is 0 Å². The predicted molar refractivity (Wildman–Crippen MR) is 156 cm³/mol. The minimum atomic E-state index is -1.79. The van der Waals surface area contributed by atoms with Gasteiger partial charge in [0.05, 0.1) is 12.1 Å². The van der Waals surface area contributed by atoms with Crippen molar-refractivity contribution >= 4 is 5.97 Å². The number of carbonyl (C=O) groups is 1. The lowest BCUT2D eigenvalue weighted by Crippen LogP contribution is -2.63. The fourth-order valence-corrected chi connectivity index (χ4v) is 7.69. The van der Waals surface area contributed by atoms with Crippen molar-refractivity contribution in [1.82, 2.24) is 0 Å². The zero-order valence-corrected chi connectivity index (χ0v) is 25.5. The average Bonchev–Trinajstić information content (AvgIpc) is 3.29. The van der Waals surface area contributed by atoms with Crippen LogP contribution >= 0.6 is 0 Å². The Hall–Kier alpha value is -1.77. The highest BCUT2D eigenvalue weighted by atomic mass is 16.7. The third-order valence-corrected chi connectivity index (χ3v) is 10.7. The number of aliphatic carboxylic acids is 1. The Morgan fingerprint density at radius 2 is 1.78 bits per heavy atom. The van der Waals surface area contributed by atoms with Gasteiger partial charge >= 0.3 is 0 Å². The molecule has 7 heteroatoms. The lowest BCUT2D eigenvalue weighted by molar-refractivity contribution is -0.353. The third-order valence-electron chi connectivity index (χ3n) is 10.7. The topological polar surface area (TPSA) is 119 Å². The van der Waals surface area contributed by atoms with Gasteiger partial charge in [-0.25, -0.2) is 0 Å². The van der Waals surface area contributed by atoms with Crippen LogP contribution in [-0.2, 0) is 14.3 Å². The number of fused-ring (bicyclic) bond motifs is 1. The second-order valence-electron chi connectivity index (χ2n) is 13.7. The van der Waals surface area contributed by atoms with Gasteiger partial charge in [-0.1, -0.05) is 76.6 Å². The van der Waals surface area contributed by atoms with Gasteiger partial charge in [-0.2, -0.15) is 0 Å². The second-order valence-corrected chi connectivity index (χ2v) is 13.7. The quantitative estimate of drug-likeness (QED) is 0.373. The van der Waals surface area contributed by atoms with Crippen LogP contribution in [0.3, 0.4) is 0 Å². The maximum Gasteiger partial charge on any atom is 0.187 e. The maximum absolute atomic E-state index is 11.4. The summed E-state index contributed by atoms with van der Waals surface area (Å²) in [4.78, 5) is 11.4. The number of carbonyl (C=O) groups excluding carboxylic acids is 1. The number of hydrogen-bond acceptors (Lipinski definition) is 7. The molecule has 0 bridgehead atoms. The normalized spacial score (nSPS) is 41.7. The van der Waals surface area contributed by atoms with E-state index in [1.807, 2.05) is 0 Å². The van der Waals surface area contributed by atoms with E-state index >= 15 is 0 Å². The minimum absolute atomic E-state index is 0.304. The van der Waals surface area contributed by atoms with E-state index < -0.39 is 36.7 Å². The fourth-order valence-electron chi connectivity index (χ4n) is 7.69. The fraction of sp³-hybridized carbons (Fsp3) is 0.735. The lowest BCUT2D eigenvalue weighted by Gasteiger charge is -2.44. The monoisotopic (exact) mass is 571 g/mol. The number of aliphatic hydroxyl groups excluding tert-OH is 3. The first kappa shape index (κ1) is 32.2. The van der Waals surface area contributed by atoms with Gasteiger partial charge in [0.1, 0.15) is 24.4 Å². The molecule has 11 unspecified atom stereocenters. The molecule has 0 radical (unpaired) electrons. The molecule has 0 aromatic carbocycles. The van der Waals surface area contributed by atoms with Crippen molar-refractivity contribution in [3.8, 4) is 0 Å². The second kappa shape index (κ2) is 13.3. The molecule has 7 nitrogen and oxygen atoms in total. The van der Waals surface area contributed by atoms with E-state index in [4.69, 9.17) is 9.47 Å². The van der Waals surface area contributed by atoms with Crippen LogP contribution in [0.5, 0.6) is 0 Å². The first-order chi connectivity index (χ1) is 19.3. The first-order valence-corrected chi connectivity index (χ1v) is 15.7. The molecule has 230 valence electrons. The zero-order chi connectivity index (χ0) is 30.1. The summed E-state index contributed by atoms with van der Waals surface area (Å²) in [5.74, 6) is 1.41. The van der Waals surface area contributed by atoms with Gasteiger partial charge in [-0.05, 0) is 91.9 Å². The van der Waals surface area contributed by atoms with Crippen molar-refractivity contribution < 1.29 is 34.7 Å². The third kappa shape index (κ3) is 6.91. The smallest absolute Gasteiger partial charge is 0.187 e. The number of rotatable bonds is 8. The molecular formula is C34H51O7-. The van der Waals surface area contributed by atoms with E-state index in [1.54, 1.807) is 0 Å². The molecule has 41 heavy (non-hydrogen) atoms. The largest absolute Gasteiger partial charge is 0.547 e. The molecule has 0 aromatic heterocycles. The summed E-state index contributed by atoms with van der Waals surface area (Å²) in [6, 6.07) is 0. The summed E-state index contributed by atoms with van der Waals surface area (Å²) in [6.45, 7) is 16.1. The Bertz CT molecular complexity index is 1040. The van der Waals surface area contributed by atoms with Gasteiger partial charge in [-0.15, -0.1) is 0 Å². The summed E-state index contributed by atoms with van der Waals surface area (Å²) in [5, 5.41) is 41.8. The number of ether oxygens (including phenoxy) is 2. The van der Waals surface area contributed by atoms with Crippen molar-refractivity contribution in [3.05, 3.63) is 47.6 Å². The highest BCUT2D eigenvalue weighted by Gasteiger charge is 2.50. The summed E-state index contributed by atoms with van der Waals surface area (Å²) < 4.78 is 11.2. The van der Waals surface area contributed by atoms with E-state index in [-0.39, 0.29) is 6.10 Å². The Morgan fingerprint density at radius 3 is 2.46 bits per heavy atom. The van der Waals surface area contributed by atoms with Crippen molar-refractivity contribution in [2.45, 2.75) is 123 Å².